The Morgan fingerprint density at radius 1 is 1.24 bits per heavy atom. The summed E-state index contributed by atoms with van der Waals surface area (Å²) in [6.45, 7) is 6.87. The van der Waals surface area contributed by atoms with Crippen LogP contribution in [0.15, 0.2) is 27.8 Å². The van der Waals surface area contributed by atoms with Gasteiger partial charge < -0.3 is 14.0 Å². The third-order valence-electron chi connectivity index (χ3n) is 5.43. The van der Waals surface area contributed by atoms with Gasteiger partial charge in [0.15, 0.2) is 11.2 Å². The minimum atomic E-state index is -0.494. The number of ether oxygens (including phenoxy) is 2. The second kappa shape index (κ2) is 11.1. The molecule has 3 aromatic rings. The minimum Gasteiger partial charge on any atom is -0.496 e. The molecule has 0 saturated heterocycles. The maximum atomic E-state index is 13.5. The van der Waals surface area contributed by atoms with E-state index in [1.54, 1.807) is 4.57 Å². The minimum absolute atomic E-state index is 0.0101. The molecule has 1 aromatic carbocycles. The number of carbonyl (C=O) groups is 1. The third-order valence-corrected chi connectivity index (χ3v) is 5.43. The molecule has 0 fully saturated rings. The number of aromatic nitrogens is 4. The fourth-order valence-electron chi connectivity index (χ4n) is 3.80. The van der Waals surface area contributed by atoms with Gasteiger partial charge in [-0.05, 0) is 30.5 Å². The lowest BCUT2D eigenvalue weighted by Crippen LogP contribution is -2.31. The third kappa shape index (κ3) is 5.73. The summed E-state index contributed by atoms with van der Waals surface area (Å²) in [5.41, 5.74) is 0.102. The van der Waals surface area contributed by atoms with Crippen LogP contribution in [0.4, 0.5) is 4.39 Å². The number of aryl methyl sites for hydroxylation is 2. The molecule has 2 aromatic heterocycles. The van der Waals surface area contributed by atoms with Crippen LogP contribution < -0.4 is 16.0 Å². The predicted octanol–water partition coefficient (Wildman–Crippen LogP) is 3.17. The largest absolute Gasteiger partial charge is 0.496 e. The molecule has 3 rings (SSSR count). The van der Waals surface area contributed by atoms with Gasteiger partial charge in [0.25, 0.3) is 5.56 Å². The maximum absolute atomic E-state index is 13.5. The Bertz CT molecular complexity index is 1270. The van der Waals surface area contributed by atoms with Crippen molar-refractivity contribution in [3.05, 3.63) is 56.2 Å². The van der Waals surface area contributed by atoms with E-state index in [4.69, 9.17) is 9.47 Å². The Morgan fingerprint density at radius 3 is 2.68 bits per heavy atom. The highest BCUT2D eigenvalue weighted by Gasteiger charge is 2.20. The number of carbonyl (C=O) groups excluding carboxylic acids is 1. The number of hydrogen-bond donors (Lipinski definition) is 1. The molecule has 0 atom stereocenters. The van der Waals surface area contributed by atoms with E-state index in [1.807, 2.05) is 20.8 Å². The molecule has 0 aliphatic rings. The van der Waals surface area contributed by atoms with Gasteiger partial charge in [0.1, 0.15) is 24.0 Å². The van der Waals surface area contributed by atoms with E-state index in [-0.39, 0.29) is 25.4 Å². The molecule has 34 heavy (non-hydrogen) atoms. The predicted molar refractivity (Wildman–Crippen MR) is 125 cm³/mol. The van der Waals surface area contributed by atoms with Gasteiger partial charge in [0.05, 0.1) is 13.5 Å². The zero-order chi connectivity index (χ0) is 24.8. The SMILES string of the molecule is CCCCn1c(=O)[nH]c(=O)c2c1nc(CCC(=O)OCc1cc(F)ccc1OC)n2CC(C)C. The smallest absolute Gasteiger partial charge is 0.330 e. The molecule has 0 bridgehead atoms. The lowest BCUT2D eigenvalue weighted by atomic mass is 10.2. The van der Waals surface area contributed by atoms with E-state index in [2.05, 4.69) is 9.97 Å². The Labute approximate surface area is 196 Å². The first-order valence-electron chi connectivity index (χ1n) is 11.4. The van der Waals surface area contributed by atoms with Gasteiger partial charge in [-0.1, -0.05) is 27.2 Å². The molecule has 2 heterocycles. The van der Waals surface area contributed by atoms with E-state index >= 15 is 0 Å². The van der Waals surface area contributed by atoms with E-state index in [0.29, 0.717) is 41.4 Å². The zero-order valence-electron chi connectivity index (χ0n) is 20.0. The molecule has 184 valence electrons. The second-order valence-corrected chi connectivity index (χ2v) is 8.59. The Kier molecular flexibility index (Phi) is 8.25. The zero-order valence-corrected chi connectivity index (χ0v) is 20.0. The Morgan fingerprint density at radius 2 is 2.00 bits per heavy atom. The van der Waals surface area contributed by atoms with Crippen LogP contribution in [0.5, 0.6) is 5.75 Å². The summed E-state index contributed by atoms with van der Waals surface area (Å²) in [6.07, 6.45) is 1.88. The van der Waals surface area contributed by atoms with E-state index in [1.165, 1.54) is 29.9 Å². The van der Waals surface area contributed by atoms with Crippen LogP contribution in [-0.2, 0) is 35.6 Å². The highest BCUT2D eigenvalue weighted by Crippen LogP contribution is 2.21. The molecule has 0 aliphatic carbocycles. The van der Waals surface area contributed by atoms with Crippen LogP contribution in [0.25, 0.3) is 11.2 Å². The number of unbranched alkanes of at least 4 members (excludes halogenated alkanes) is 1. The van der Waals surface area contributed by atoms with Gasteiger partial charge in [-0.25, -0.2) is 14.2 Å². The molecular formula is C24H31FN4O5. The van der Waals surface area contributed by atoms with Crippen LogP contribution >= 0.6 is 0 Å². The van der Waals surface area contributed by atoms with E-state index < -0.39 is 23.0 Å². The number of fused-ring (bicyclic) bond motifs is 1. The fourth-order valence-corrected chi connectivity index (χ4v) is 3.80. The monoisotopic (exact) mass is 474 g/mol. The number of hydrogen-bond acceptors (Lipinski definition) is 6. The van der Waals surface area contributed by atoms with Crippen molar-refractivity contribution in [1.29, 1.82) is 0 Å². The summed E-state index contributed by atoms with van der Waals surface area (Å²) in [7, 11) is 1.46. The highest BCUT2D eigenvalue weighted by molar-refractivity contribution is 5.72. The molecule has 0 unspecified atom stereocenters. The number of benzene rings is 1. The van der Waals surface area contributed by atoms with Gasteiger partial charge in [0, 0.05) is 25.1 Å². The molecule has 0 amide bonds. The summed E-state index contributed by atoms with van der Waals surface area (Å²) in [4.78, 5) is 44.5. The van der Waals surface area contributed by atoms with Gasteiger partial charge in [-0.2, -0.15) is 0 Å². The first kappa shape index (κ1) is 25.2. The van der Waals surface area contributed by atoms with Crippen LogP contribution in [0, 0.1) is 11.7 Å². The quantitative estimate of drug-likeness (QED) is 0.428. The van der Waals surface area contributed by atoms with Crippen LogP contribution in [0.1, 0.15) is 51.4 Å². The Hall–Kier alpha value is -3.43. The normalized spacial score (nSPS) is 11.4. The van der Waals surface area contributed by atoms with Gasteiger partial charge in [-0.15, -0.1) is 0 Å². The first-order valence-corrected chi connectivity index (χ1v) is 11.4. The summed E-state index contributed by atoms with van der Waals surface area (Å²) in [5, 5.41) is 0. The summed E-state index contributed by atoms with van der Waals surface area (Å²) >= 11 is 0. The molecule has 0 aliphatic heterocycles. The van der Waals surface area contributed by atoms with Crippen molar-refractivity contribution in [1.82, 2.24) is 19.1 Å². The summed E-state index contributed by atoms with van der Waals surface area (Å²) in [6, 6.07) is 4.00. The summed E-state index contributed by atoms with van der Waals surface area (Å²) in [5.74, 6) is 0.224. The molecule has 9 nitrogen and oxygen atoms in total. The summed E-state index contributed by atoms with van der Waals surface area (Å²) < 4.78 is 27.3. The van der Waals surface area contributed by atoms with Crippen molar-refractivity contribution in [2.24, 2.45) is 5.92 Å². The number of methoxy groups -OCH3 is 1. The molecule has 0 spiro atoms. The lowest BCUT2D eigenvalue weighted by Gasteiger charge is -2.12. The van der Waals surface area contributed by atoms with Crippen molar-refractivity contribution in [3.63, 3.8) is 0 Å². The van der Waals surface area contributed by atoms with Crippen molar-refractivity contribution in [2.45, 2.75) is 66.2 Å². The standard InChI is InChI=1S/C24H31FN4O5/c1-5-6-11-28-22-21(23(31)27-24(28)32)29(13-15(2)3)19(26-22)9-10-20(30)34-14-16-12-17(25)7-8-18(16)33-4/h7-8,12,15H,5-6,9-11,13-14H2,1-4H3,(H,27,31,32). The van der Waals surface area contributed by atoms with E-state index in [0.717, 1.165) is 12.8 Å². The number of esters is 1. The van der Waals surface area contributed by atoms with Crippen molar-refractivity contribution in [3.8, 4) is 5.75 Å². The molecule has 0 radical (unpaired) electrons. The van der Waals surface area contributed by atoms with Crippen molar-refractivity contribution in [2.75, 3.05) is 7.11 Å². The number of aromatic amines is 1. The second-order valence-electron chi connectivity index (χ2n) is 8.59. The van der Waals surface area contributed by atoms with Crippen LogP contribution in [0.3, 0.4) is 0 Å². The number of rotatable bonds is 11. The average molecular weight is 475 g/mol. The van der Waals surface area contributed by atoms with Crippen LogP contribution in [0.2, 0.25) is 0 Å². The molecular weight excluding hydrogens is 443 g/mol. The molecule has 1 N–H and O–H groups in total. The van der Waals surface area contributed by atoms with Crippen molar-refractivity contribution >= 4 is 17.1 Å². The number of H-pyrrole nitrogens is 1. The van der Waals surface area contributed by atoms with Gasteiger partial charge in [-0.3, -0.25) is 19.1 Å². The maximum Gasteiger partial charge on any atom is 0.330 e. The van der Waals surface area contributed by atoms with Gasteiger partial charge in [0.2, 0.25) is 0 Å². The number of nitrogens with zero attached hydrogens (tertiary/aromatic N) is 3. The first-order chi connectivity index (χ1) is 16.2. The molecule has 10 heteroatoms. The highest BCUT2D eigenvalue weighted by atomic mass is 19.1. The number of imidazole rings is 1. The number of nitrogens with one attached hydrogen (secondary N) is 1. The van der Waals surface area contributed by atoms with E-state index in [9.17, 15) is 18.8 Å². The Balaban J connectivity index is 1.84. The van der Waals surface area contributed by atoms with Crippen molar-refractivity contribution < 1.29 is 18.7 Å². The van der Waals surface area contributed by atoms with Crippen LogP contribution in [-0.4, -0.2) is 32.2 Å². The molecule has 0 saturated carbocycles. The number of halogens is 1. The van der Waals surface area contributed by atoms with Gasteiger partial charge >= 0.3 is 11.7 Å². The topological polar surface area (TPSA) is 108 Å². The average Bonchev–Trinajstić information content (AvgIpc) is 3.14. The fraction of sp³-hybridized carbons (Fsp3) is 0.500. The lowest BCUT2D eigenvalue weighted by molar-refractivity contribution is -0.145.